The number of allylic oxidation sites excluding steroid dienone is 1. The van der Waals surface area contributed by atoms with E-state index in [0.29, 0.717) is 6.42 Å². The van der Waals surface area contributed by atoms with Crippen LogP contribution in [0.2, 0.25) is 0 Å². The Hall–Kier alpha value is -1.83. The first-order valence-electron chi connectivity index (χ1n) is 13.2. The molecule has 1 aromatic carbocycles. The first kappa shape index (κ1) is 24.5. The number of benzene rings is 1. The Kier molecular flexibility index (Phi) is 5.18. The van der Waals surface area contributed by atoms with Crippen LogP contribution >= 0.6 is 0 Å². The Labute approximate surface area is 213 Å². The van der Waals surface area contributed by atoms with Crippen molar-refractivity contribution in [2.24, 2.45) is 16.7 Å². The van der Waals surface area contributed by atoms with Crippen LogP contribution in [0.3, 0.4) is 0 Å². The van der Waals surface area contributed by atoms with Gasteiger partial charge in [-0.15, -0.1) is 0 Å². The van der Waals surface area contributed by atoms with Crippen LogP contribution in [0, 0.1) is 16.7 Å². The molecule has 0 radical (unpaired) electrons. The number of ketones is 1. The standard InChI is InChI=1S/C30H38O6/c1-16-19(31)13-14-29(7)22(16)24-30(36-26(33-24)18-11-9-8-10-12-18)15-20(32)17(2)21(27(30,3)4)23-25(29)35-28(5,6)34-23/h8-12,19,22-26,31H,1,13-15H2,2-7H3/t19-,22-,23+,24-,25-,26?,29+,30+/m0/s1. The van der Waals surface area contributed by atoms with Gasteiger partial charge in [0.1, 0.15) is 11.7 Å². The number of hydrogen-bond acceptors (Lipinski definition) is 6. The highest BCUT2D eigenvalue weighted by atomic mass is 16.8. The fourth-order valence-corrected chi connectivity index (χ4v) is 8.02. The van der Waals surface area contributed by atoms with Gasteiger partial charge in [-0.3, -0.25) is 4.79 Å². The molecule has 2 bridgehead atoms. The lowest BCUT2D eigenvalue weighted by Crippen LogP contribution is -2.68. The number of fused-ring (bicyclic) bond motifs is 6. The molecule has 0 amide bonds. The number of aliphatic hydroxyl groups excluding tert-OH is 1. The van der Waals surface area contributed by atoms with E-state index in [1.165, 1.54) is 0 Å². The fraction of sp³-hybridized carbons (Fsp3) is 0.633. The minimum absolute atomic E-state index is 0.0456. The van der Waals surface area contributed by atoms with Crippen LogP contribution in [0.1, 0.15) is 72.7 Å². The summed E-state index contributed by atoms with van der Waals surface area (Å²) in [4.78, 5) is 13.7. The third-order valence-electron chi connectivity index (χ3n) is 9.92. The van der Waals surface area contributed by atoms with E-state index >= 15 is 0 Å². The van der Waals surface area contributed by atoms with Crippen molar-refractivity contribution in [2.45, 2.75) is 103 Å². The van der Waals surface area contributed by atoms with E-state index in [9.17, 15) is 9.90 Å². The Morgan fingerprint density at radius 1 is 1.00 bits per heavy atom. The summed E-state index contributed by atoms with van der Waals surface area (Å²) in [5.41, 5.74) is 1.34. The average Bonchev–Trinajstić information content (AvgIpc) is 3.34. The number of carbonyl (C=O) groups is 1. The SMILES string of the molecule is C=C1[C@@H](O)CC[C@@]2(C)[C@H]3OC(C)(C)O[C@@H]3C3=C(C)C(=O)C[C@]4(OC(c5ccccc5)O[C@H]4[C@H]12)C3(C)C. The summed E-state index contributed by atoms with van der Waals surface area (Å²) in [6.45, 7) is 16.7. The molecule has 2 saturated carbocycles. The van der Waals surface area contributed by atoms with Gasteiger partial charge in [0.2, 0.25) is 0 Å². The van der Waals surface area contributed by atoms with E-state index in [1.807, 2.05) is 51.1 Å². The molecule has 2 heterocycles. The van der Waals surface area contributed by atoms with Gasteiger partial charge in [0.25, 0.3) is 0 Å². The van der Waals surface area contributed by atoms with Gasteiger partial charge in [0.05, 0.1) is 18.3 Å². The largest absolute Gasteiger partial charge is 0.389 e. The molecule has 6 heteroatoms. The maximum atomic E-state index is 13.7. The maximum absolute atomic E-state index is 13.7. The van der Waals surface area contributed by atoms with Gasteiger partial charge < -0.3 is 24.1 Å². The Morgan fingerprint density at radius 3 is 2.39 bits per heavy atom. The summed E-state index contributed by atoms with van der Waals surface area (Å²) >= 11 is 0. The predicted molar refractivity (Wildman–Crippen MR) is 134 cm³/mol. The van der Waals surface area contributed by atoms with Crippen LogP contribution in [-0.4, -0.2) is 46.7 Å². The van der Waals surface area contributed by atoms with Gasteiger partial charge in [-0.2, -0.15) is 0 Å². The smallest absolute Gasteiger partial charge is 0.185 e. The molecule has 36 heavy (non-hydrogen) atoms. The molecule has 1 unspecified atom stereocenters. The first-order valence-corrected chi connectivity index (χ1v) is 13.2. The molecule has 6 nitrogen and oxygen atoms in total. The zero-order valence-corrected chi connectivity index (χ0v) is 22.2. The zero-order valence-electron chi connectivity index (χ0n) is 22.2. The van der Waals surface area contributed by atoms with Crippen molar-refractivity contribution in [1.29, 1.82) is 0 Å². The molecular formula is C30H38O6. The highest BCUT2D eigenvalue weighted by molar-refractivity contribution is 5.98. The fourth-order valence-electron chi connectivity index (χ4n) is 8.02. The number of aliphatic hydroxyl groups is 1. The molecule has 3 aliphatic carbocycles. The van der Waals surface area contributed by atoms with Crippen LogP contribution in [0.5, 0.6) is 0 Å². The first-order chi connectivity index (χ1) is 16.8. The highest BCUT2D eigenvalue weighted by Crippen LogP contribution is 2.67. The van der Waals surface area contributed by atoms with Gasteiger partial charge in [-0.25, -0.2) is 0 Å². The summed E-state index contributed by atoms with van der Waals surface area (Å²) in [7, 11) is 0. The minimum atomic E-state index is -0.952. The molecule has 0 aromatic heterocycles. The molecule has 194 valence electrons. The Bertz CT molecular complexity index is 1150. The van der Waals surface area contributed by atoms with E-state index in [1.54, 1.807) is 0 Å². The third kappa shape index (κ3) is 3.05. The van der Waals surface area contributed by atoms with Crippen LogP contribution in [0.4, 0.5) is 0 Å². The number of hydrogen-bond donors (Lipinski definition) is 1. The average molecular weight is 495 g/mol. The second kappa shape index (κ2) is 7.61. The summed E-state index contributed by atoms with van der Waals surface area (Å²) in [6.07, 6.45) is -0.970. The normalized spacial score (nSPS) is 45.0. The second-order valence-corrected chi connectivity index (χ2v) is 12.7. The zero-order chi connectivity index (χ0) is 25.8. The van der Waals surface area contributed by atoms with E-state index in [-0.39, 0.29) is 24.2 Å². The summed E-state index contributed by atoms with van der Waals surface area (Å²) in [5, 5.41) is 11.0. The maximum Gasteiger partial charge on any atom is 0.185 e. The summed E-state index contributed by atoms with van der Waals surface area (Å²) < 4.78 is 27.2. The molecule has 5 aliphatic rings. The van der Waals surface area contributed by atoms with E-state index in [2.05, 4.69) is 27.4 Å². The predicted octanol–water partition coefficient (Wildman–Crippen LogP) is 5.02. The molecule has 4 fully saturated rings. The molecule has 6 rings (SSSR count). The Balaban J connectivity index is 1.62. The quantitative estimate of drug-likeness (QED) is 0.553. The van der Waals surface area contributed by atoms with Crippen molar-refractivity contribution in [3.05, 3.63) is 59.2 Å². The lowest BCUT2D eigenvalue weighted by molar-refractivity contribution is -0.174. The molecule has 1 aromatic rings. The van der Waals surface area contributed by atoms with Gasteiger partial charge >= 0.3 is 0 Å². The van der Waals surface area contributed by atoms with Gasteiger partial charge in [0.15, 0.2) is 17.9 Å². The lowest BCUT2D eigenvalue weighted by Gasteiger charge is -2.60. The van der Waals surface area contributed by atoms with Crippen molar-refractivity contribution in [2.75, 3.05) is 0 Å². The van der Waals surface area contributed by atoms with Crippen molar-refractivity contribution < 1.29 is 28.8 Å². The summed E-state index contributed by atoms with van der Waals surface area (Å²) in [6, 6.07) is 9.88. The van der Waals surface area contributed by atoms with Crippen LogP contribution in [0.15, 0.2) is 53.6 Å². The molecule has 1 spiro atoms. The minimum Gasteiger partial charge on any atom is -0.389 e. The van der Waals surface area contributed by atoms with Crippen molar-refractivity contribution >= 4 is 5.78 Å². The van der Waals surface area contributed by atoms with E-state index in [0.717, 1.165) is 28.7 Å². The molecule has 2 aliphatic heterocycles. The molecule has 2 saturated heterocycles. The molecule has 1 N–H and O–H groups in total. The van der Waals surface area contributed by atoms with Crippen molar-refractivity contribution in [3.63, 3.8) is 0 Å². The summed E-state index contributed by atoms with van der Waals surface area (Å²) in [5.74, 6) is -1.05. The number of carbonyl (C=O) groups excluding carboxylic acids is 1. The van der Waals surface area contributed by atoms with Crippen LogP contribution in [0.25, 0.3) is 0 Å². The monoisotopic (exact) mass is 494 g/mol. The van der Waals surface area contributed by atoms with E-state index < -0.39 is 46.8 Å². The Morgan fingerprint density at radius 2 is 1.69 bits per heavy atom. The third-order valence-corrected chi connectivity index (χ3v) is 9.92. The molecular weight excluding hydrogens is 456 g/mol. The topological polar surface area (TPSA) is 74.2 Å². The van der Waals surface area contributed by atoms with Crippen LogP contribution in [-0.2, 0) is 23.7 Å². The lowest BCUT2D eigenvalue weighted by atomic mass is 9.48. The second-order valence-electron chi connectivity index (χ2n) is 12.7. The van der Waals surface area contributed by atoms with Crippen molar-refractivity contribution in [1.82, 2.24) is 0 Å². The molecule has 8 atom stereocenters. The number of rotatable bonds is 1. The number of ether oxygens (including phenoxy) is 4. The van der Waals surface area contributed by atoms with Gasteiger partial charge in [-0.1, -0.05) is 57.7 Å². The van der Waals surface area contributed by atoms with E-state index in [4.69, 9.17) is 18.9 Å². The van der Waals surface area contributed by atoms with Gasteiger partial charge in [-0.05, 0) is 50.3 Å². The van der Waals surface area contributed by atoms with Crippen molar-refractivity contribution in [3.8, 4) is 0 Å². The van der Waals surface area contributed by atoms with Gasteiger partial charge in [0, 0.05) is 28.7 Å². The highest BCUT2D eigenvalue weighted by Gasteiger charge is 2.73. The number of Topliss-reactive ketones (excluding diaryl/α,β-unsaturated/α-hetero) is 1. The van der Waals surface area contributed by atoms with Crippen LogP contribution < -0.4 is 0 Å².